The highest BCUT2D eigenvalue weighted by molar-refractivity contribution is 7.86. The van der Waals surface area contributed by atoms with Gasteiger partial charge < -0.3 is 0 Å². The van der Waals surface area contributed by atoms with Crippen LogP contribution in [0, 0.1) is 17.3 Å². The minimum Gasteiger partial charge on any atom is -0.216 e. The predicted octanol–water partition coefficient (Wildman–Crippen LogP) is 1.73. The average Bonchev–Trinajstić information content (AvgIpc) is 2.62. The van der Waals surface area contributed by atoms with Gasteiger partial charge in [-0.05, 0) is 49.4 Å². The molecule has 2 N–H and O–H groups in total. The Hall–Kier alpha value is -0.130. The molecule has 1 aliphatic heterocycles. The SMILES string of the molecule is CC(C)C1CCC2(CC1)CCN(S(N)(=O)=O)C2. The molecule has 0 aromatic heterocycles. The number of nitrogens with two attached hydrogens (primary N) is 1. The molecule has 0 unspecified atom stereocenters. The fraction of sp³-hybridized carbons (Fsp3) is 1.00. The second-order valence-electron chi connectivity index (χ2n) is 6.21. The number of nitrogens with zero attached hydrogens (tertiary/aromatic N) is 1. The fourth-order valence-corrected chi connectivity index (χ4v) is 4.24. The van der Waals surface area contributed by atoms with Gasteiger partial charge >= 0.3 is 0 Å². The summed E-state index contributed by atoms with van der Waals surface area (Å²) in [6.07, 6.45) is 5.82. The lowest BCUT2D eigenvalue weighted by Crippen LogP contribution is -2.38. The second-order valence-corrected chi connectivity index (χ2v) is 7.76. The topological polar surface area (TPSA) is 63.4 Å². The maximum absolute atomic E-state index is 11.3. The maximum atomic E-state index is 11.3. The Morgan fingerprint density at radius 3 is 2.24 bits per heavy atom. The third-order valence-electron chi connectivity index (χ3n) is 4.80. The monoisotopic (exact) mass is 260 g/mol. The van der Waals surface area contributed by atoms with Crippen molar-refractivity contribution in [2.24, 2.45) is 22.4 Å². The summed E-state index contributed by atoms with van der Waals surface area (Å²) in [4.78, 5) is 0. The van der Waals surface area contributed by atoms with E-state index in [1.165, 1.54) is 30.0 Å². The molecular formula is C12H24N2O2S. The molecule has 0 aromatic carbocycles. The molecule has 0 bridgehead atoms. The summed E-state index contributed by atoms with van der Waals surface area (Å²) in [5.41, 5.74) is 0.234. The molecule has 17 heavy (non-hydrogen) atoms. The molecule has 1 heterocycles. The Bertz CT molecular complexity index is 370. The summed E-state index contributed by atoms with van der Waals surface area (Å²) in [5.74, 6) is 1.58. The van der Waals surface area contributed by atoms with E-state index in [1.54, 1.807) is 0 Å². The van der Waals surface area contributed by atoms with Gasteiger partial charge in [-0.25, -0.2) is 5.14 Å². The van der Waals surface area contributed by atoms with Crippen molar-refractivity contribution in [1.82, 2.24) is 4.31 Å². The summed E-state index contributed by atoms with van der Waals surface area (Å²) in [5, 5.41) is 5.20. The number of hydrogen-bond acceptors (Lipinski definition) is 2. The van der Waals surface area contributed by atoms with Crippen LogP contribution in [0.4, 0.5) is 0 Å². The Morgan fingerprint density at radius 2 is 1.82 bits per heavy atom. The molecule has 5 heteroatoms. The van der Waals surface area contributed by atoms with Gasteiger partial charge in [0.25, 0.3) is 10.2 Å². The van der Waals surface area contributed by atoms with Gasteiger partial charge in [-0.1, -0.05) is 13.8 Å². The first-order chi connectivity index (χ1) is 7.82. The van der Waals surface area contributed by atoms with Crippen molar-refractivity contribution in [3.63, 3.8) is 0 Å². The summed E-state index contributed by atoms with van der Waals surface area (Å²) in [6, 6.07) is 0. The van der Waals surface area contributed by atoms with Crippen LogP contribution in [0.3, 0.4) is 0 Å². The number of hydrogen-bond donors (Lipinski definition) is 1. The Balaban J connectivity index is 1.97. The third kappa shape index (κ3) is 2.83. The highest BCUT2D eigenvalue weighted by atomic mass is 32.2. The summed E-state index contributed by atoms with van der Waals surface area (Å²) < 4.78 is 24.1. The quantitative estimate of drug-likeness (QED) is 0.822. The van der Waals surface area contributed by atoms with Crippen LogP contribution in [-0.4, -0.2) is 25.8 Å². The van der Waals surface area contributed by atoms with E-state index in [0.29, 0.717) is 13.1 Å². The summed E-state index contributed by atoms with van der Waals surface area (Å²) in [7, 11) is -3.47. The standard InChI is InChI=1S/C12H24N2O2S/c1-10(2)11-3-5-12(6-4-11)7-8-14(9-12)17(13,15)16/h10-11H,3-9H2,1-2H3,(H2,13,15,16). The minimum absolute atomic E-state index is 0.234. The van der Waals surface area contributed by atoms with Crippen LogP contribution < -0.4 is 5.14 Å². The highest BCUT2D eigenvalue weighted by Gasteiger charge is 2.43. The van der Waals surface area contributed by atoms with Crippen LogP contribution in [0.1, 0.15) is 46.0 Å². The second kappa shape index (κ2) is 4.52. The van der Waals surface area contributed by atoms with Gasteiger partial charge in [0.15, 0.2) is 0 Å². The van der Waals surface area contributed by atoms with E-state index < -0.39 is 10.2 Å². The summed E-state index contributed by atoms with van der Waals surface area (Å²) >= 11 is 0. The van der Waals surface area contributed by atoms with E-state index in [2.05, 4.69) is 13.8 Å². The van der Waals surface area contributed by atoms with Crippen LogP contribution in [-0.2, 0) is 10.2 Å². The van der Waals surface area contributed by atoms with Crippen LogP contribution in [0.2, 0.25) is 0 Å². The molecule has 1 saturated heterocycles. The Kier molecular flexibility index (Phi) is 3.54. The van der Waals surface area contributed by atoms with E-state index >= 15 is 0 Å². The van der Waals surface area contributed by atoms with E-state index in [1.807, 2.05) is 0 Å². The molecule has 0 aromatic rings. The first-order valence-electron chi connectivity index (χ1n) is 6.60. The molecule has 0 amide bonds. The lowest BCUT2D eigenvalue weighted by atomic mass is 9.67. The zero-order valence-electron chi connectivity index (χ0n) is 10.9. The molecule has 4 nitrogen and oxygen atoms in total. The van der Waals surface area contributed by atoms with Gasteiger partial charge in [-0.2, -0.15) is 12.7 Å². The third-order valence-corrected chi connectivity index (χ3v) is 5.83. The minimum atomic E-state index is -3.47. The zero-order chi connectivity index (χ0) is 12.7. The molecule has 2 aliphatic rings. The van der Waals surface area contributed by atoms with Crippen molar-refractivity contribution in [2.75, 3.05) is 13.1 Å². The number of rotatable bonds is 2. The predicted molar refractivity (Wildman–Crippen MR) is 68.5 cm³/mol. The Morgan fingerprint density at radius 1 is 1.24 bits per heavy atom. The molecule has 1 saturated carbocycles. The van der Waals surface area contributed by atoms with Gasteiger partial charge in [-0.3, -0.25) is 0 Å². The maximum Gasteiger partial charge on any atom is 0.276 e. The van der Waals surface area contributed by atoms with Gasteiger partial charge in [0, 0.05) is 13.1 Å². The van der Waals surface area contributed by atoms with E-state index in [4.69, 9.17) is 5.14 Å². The lowest BCUT2D eigenvalue weighted by Gasteiger charge is -2.38. The van der Waals surface area contributed by atoms with Crippen LogP contribution >= 0.6 is 0 Å². The molecule has 0 atom stereocenters. The molecule has 100 valence electrons. The van der Waals surface area contributed by atoms with E-state index in [0.717, 1.165) is 18.3 Å². The van der Waals surface area contributed by atoms with E-state index in [9.17, 15) is 8.42 Å². The van der Waals surface area contributed by atoms with Crippen molar-refractivity contribution >= 4 is 10.2 Å². The van der Waals surface area contributed by atoms with Gasteiger partial charge in [0.2, 0.25) is 0 Å². The van der Waals surface area contributed by atoms with Gasteiger partial charge in [0.05, 0.1) is 0 Å². The molecule has 2 rings (SSSR count). The van der Waals surface area contributed by atoms with Crippen molar-refractivity contribution in [2.45, 2.75) is 46.0 Å². The van der Waals surface area contributed by atoms with Crippen molar-refractivity contribution in [3.8, 4) is 0 Å². The van der Waals surface area contributed by atoms with Gasteiger partial charge in [-0.15, -0.1) is 0 Å². The van der Waals surface area contributed by atoms with Crippen molar-refractivity contribution in [3.05, 3.63) is 0 Å². The van der Waals surface area contributed by atoms with E-state index in [-0.39, 0.29) is 5.41 Å². The smallest absolute Gasteiger partial charge is 0.216 e. The molecule has 1 aliphatic carbocycles. The van der Waals surface area contributed by atoms with Crippen molar-refractivity contribution in [1.29, 1.82) is 0 Å². The molecular weight excluding hydrogens is 236 g/mol. The first kappa shape index (κ1) is 13.3. The first-order valence-corrected chi connectivity index (χ1v) is 8.11. The lowest BCUT2D eigenvalue weighted by molar-refractivity contribution is 0.138. The highest BCUT2D eigenvalue weighted by Crippen LogP contribution is 2.47. The van der Waals surface area contributed by atoms with Crippen LogP contribution in [0.5, 0.6) is 0 Å². The molecule has 0 radical (unpaired) electrons. The van der Waals surface area contributed by atoms with Gasteiger partial charge in [0.1, 0.15) is 0 Å². The van der Waals surface area contributed by atoms with Crippen LogP contribution in [0.25, 0.3) is 0 Å². The zero-order valence-corrected chi connectivity index (χ0v) is 11.7. The van der Waals surface area contributed by atoms with Crippen LogP contribution in [0.15, 0.2) is 0 Å². The average molecular weight is 260 g/mol. The largest absolute Gasteiger partial charge is 0.276 e. The fourth-order valence-electron chi connectivity index (χ4n) is 3.44. The Labute approximate surface area is 105 Å². The normalized spacial score (nSPS) is 35.9. The van der Waals surface area contributed by atoms with Crippen molar-refractivity contribution < 1.29 is 8.42 Å². The molecule has 2 fully saturated rings. The molecule has 1 spiro atoms. The summed E-state index contributed by atoms with van der Waals surface area (Å²) in [6.45, 7) is 5.84.